The Morgan fingerprint density at radius 2 is 1.82 bits per heavy atom. The van der Waals surface area contributed by atoms with Crippen LogP contribution in [0.3, 0.4) is 0 Å². The summed E-state index contributed by atoms with van der Waals surface area (Å²) in [6.07, 6.45) is 7.11. The topological polar surface area (TPSA) is 88.3 Å². The van der Waals surface area contributed by atoms with E-state index in [2.05, 4.69) is 24.2 Å². The van der Waals surface area contributed by atoms with Crippen LogP contribution in [0.15, 0.2) is 24.3 Å². The summed E-state index contributed by atoms with van der Waals surface area (Å²) >= 11 is 0. The SMILES string of the molecule is CN1C(=O)CC[C@@]2(C)C1CC[C@@H]1[C@H]2CC[C@@]2(C)[C@H]1CCC2(C(=O)O)n1nnc2ccccc21. The van der Waals surface area contributed by atoms with E-state index in [1.54, 1.807) is 4.68 Å². The third kappa shape index (κ3) is 2.46. The van der Waals surface area contributed by atoms with Crippen LogP contribution in [0.1, 0.15) is 65.2 Å². The van der Waals surface area contributed by atoms with Crippen LogP contribution in [0.25, 0.3) is 11.0 Å². The fraction of sp³-hybridized carbons (Fsp3) is 0.692. The number of hydrogen-bond acceptors (Lipinski definition) is 4. The van der Waals surface area contributed by atoms with Crippen molar-refractivity contribution < 1.29 is 14.7 Å². The van der Waals surface area contributed by atoms with E-state index in [1.807, 2.05) is 36.2 Å². The minimum absolute atomic E-state index is 0.126. The fourth-order valence-corrected chi connectivity index (χ4v) is 9.11. The van der Waals surface area contributed by atoms with Crippen molar-refractivity contribution in [2.24, 2.45) is 28.6 Å². The molecule has 0 bridgehead atoms. The van der Waals surface area contributed by atoms with Gasteiger partial charge in [-0.1, -0.05) is 31.2 Å². The van der Waals surface area contributed by atoms with E-state index in [9.17, 15) is 14.7 Å². The molecule has 1 amide bonds. The first kappa shape index (κ1) is 21.1. The van der Waals surface area contributed by atoms with E-state index in [-0.39, 0.29) is 16.7 Å². The maximum Gasteiger partial charge on any atom is 0.332 e. The van der Waals surface area contributed by atoms with Crippen LogP contribution in [0.2, 0.25) is 0 Å². The lowest BCUT2D eigenvalue weighted by Crippen LogP contribution is -2.63. The molecule has 1 saturated heterocycles. The summed E-state index contributed by atoms with van der Waals surface area (Å²) in [6, 6.07) is 8.03. The normalized spacial score (nSPS) is 42.6. The van der Waals surface area contributed by atoms with Crippen LogP contribution < -0.4 is 0 Å². The van der Waals surface area contributed by atoms with Crippen molar-refractivity contribution in [3.63, 3.8) is 0 Å². The Morgan fingerprint density at radius 3 is 2.61 bits per heavy atom. The van der Waals surface area contributed by atoms with Crippen molar-refractivity contribution in [1.82, 2.24) is 19.9 Å². The van der Waals surface area contributed by atoms with Gasteiger partial charge in [-0.2, -0.15) is 0 Å². The standard InChI is InChI=1S/C26H34N4O3/c1-24-13-12-22(31)29(3)21(24)9-8-16-17(24)10-14-25(2)18(16)11-15-26(25,23(32)33)30-20-7-5-4-6-19(20)27-28-30/h4-7,16-18,21H,8-15H2,1-3H3,(H,32,33)/t16-,17-,18+,21?,24-,25+,26?/m1/s1. The first-order valence-corrected chi connectivity index (χ1v) is 12.5. The average Bonchev–Trinajstić information content (AvgIpc) is 3.35. The zero-order valence-corrected chi connectivity index (χ0v) is 19.8. The molecule has 7 nitrogen and oxygen atoms in total. The zero-order valence-electron chi connectivity index (χ0n) is 19.8. The Kier molecular flexibility index (Phi) is 4.35. The monoisotopic (exact) mass is 450 g/mol. The zero-order chi connectivity index (χ0) is 23.2. The summed E-state index contributed by atoms with van der Waals surface area (Å²) in [4.78, 5) is 27.6. The highest BCUT2D eigenvalue weighted by Crippen LogP contribution is 2.69. The predicted octanol–water partition coefficient (Wildman–Crippen LogP) is 4.07. The predicted molar refractivity (Wildman–Crippen MR) is 123 cm³/mol. The van der Waals surface area contributed by atoms with Gasteiger partial charge in [-0.05, 0) is 80.2 Å². The van der Waals surface area contributed by atoms with Crippen molar-refractivity contribution in [3.8, 4) is 0 Å². The Balaban J connectivity index is 1.42. The van der Waals surface area contributed by atoms with Gasteiger partial charge >= 0.3 is 5.97 Å². The summed E-state index contributed by atoms with van der Waals surface area (Å²) in [7, 11) is 1.98. The molecule has 2 unspecified atom stereocenters. The van der Waals surface area contributed by atoms with Gasteiger partial charge < -0.3 is 10.0 Å². The first-order chi connectivity index (χ1) is 15.7. The maximum atomic E-state index is 13.1. The second-order valence-corrected chi connectivity index (χ2v) is 11.6. The molecule has 0 radical (unpaired) electrons. The highest BCUT2D eigenvalue weighted by atomic mass is 16.4. The summed E-state index contributed by atoms with van der Waals surface area (Å²) in [6.45, 7) is 4.63. The molecular formula is C26H34N4O3. The van der Waals surface area contributed by atoms with Crippen molar-refractivity contribution in [3.05, 3.63) is 24.3 Å². The molecule has 2 aromatic rings. The molecule has 6 rings (SSSR count). The van der Waals surface area contributed by atoms with Crippen LogP contribution in [0.4, 0.5) is 0 Å². The van der Waals surface area contributed by atoms with Gasteiger partial charge in [0.2, 0.25) is 5.91 Å². The van der Waals surface area contributed by atoms with E-state index >= 15 is 0 Å². The number of carboxylic acid groups (broad SMARTS) is 1. The minimum atomic E-state index is -1.07. The lowest BCUT2D eigenvalue weighted by molar-refractivity contribution is -0.171. The van der Waals surface area contributed by atoms with Gasteiger partial charge in [0.1, 0.15) is 5.52 Å². The molecule has 1 aliphatic heterocycles. The Bertz CT molecular complexity index is 1150. The number of carbonyl (C=O) groups excluding carboxylic acids is 1. The summed E-state index contributed by atoms with van der Waals surface area (Å²) in [5, 5.41) is 19.5. The molecule has 7 atom stereocenters. The number of likely N-dealkylation sites (tertiary alicyclic amines) is 1. The summed E-state index contributed by atoms with van der Waals surface area (Å²) < 4.78 is 1.76. The summed E-state index contributed by atoms with van der Waals surface area (Å²) in [5.74, 6) is 0.894. The van der Waals surface area contributed by atoms with E-state index in [4.69, 9.17) is 0 Å². The van der Waals surface area contributed by atoms with E-state index in [0.29, 0.717) is 36.6 Å². The van der Waals surface area contributed by atoms with Crippen LogP contribution in [-0.2, 0) is 15.1 Å². The number of benzene rings is 1. The van der Waals surface area contributed by atoms with Crippen molar-refractivity contribution in [1.29, 1.82) is 0 Å². The number of para-hydroxylation sites is 1. The van der Waals surface area contributed by atoms with Crippen molar-refractivity contribution in [2.75, 3.05) is 7.05 Å². The Labute approximate surface area is 194 Å². The third-order valence-corrected chi connectivity index (χ3v) is 10.8. The van der Waals surface area contributed by atoms with Gasteiger partial charge in [-0.3, -0.25) is 4.79 Å². The number of fused-ring (bicyclic) bond motifs is 6. The number of aliphatic carboxylic acids is 1. The van der Waals surface area contributed by atoms with E-state index in [1.165, 1.54) is 0 Å². The highest BCUT2D eigenvalue weighted by molar-refractivity contribution is 5.83. The average molecular weight is 451 g/mol. The van der Waals surface area contributed by atoms with Gasteiger partial charge in [0.15, 0.2) is 5.54 Å². The van der Waals surface area contributed by atoms with Gasteiger partial charge in [-0.15, -0.1) is 5.10 Å². The number of hydrogen-bond donors (Lipinski definition) is 1. The smallest absolute Gasteiger partial charge is 0.332 e. The molecule has 176 valence electrons. The van der Waals surface area contributed by atoms with Gasteiger partial charge in [-0.25, -0.2) is 9.48 Å². The van der Waals surface area contributed by atoms with Crippen molar-refractivity contribution in [2.45, 2.75) is 76.8 Å². The largest absolute Gasteiger partial charge is 0.479 e. The molecule has 1 aromatic carbocycles. The molecule has 2 heterocycles. The molecule has 1 N–H and O–H groups in total. The second-order valence-electron chi connectivity index (χ2n) is 11.6. The number of carboxylic acids is 1. The van der Waals surface area contributed by atoms with E-state index in [0.717, 1.165) is 49.6 Å². The minimum Gasteiger partial charge on any atom is -0.479 e. The van der Waals surface area contributed by atoms with Crippen LogP contribution in [-0.4, -0.2) is 50.0 Å². The van der Waals surface area contributed by atoms with Crippen LogP contribution in [0.5, 0.6) is 0 Å². The molecule has 4 fully saturated rings. The summed E-state index contributed by atoms with van der Waals surface area (Å²) in [5.41, 5.74) is 0.237. The molecule has 7 heteroatoms. The van der Waals surface area contributed by atoms with Crippen LogP contribution in [0, 0.1) is 28.6 Å². The molecular weight excluding hydrogens is 416 g/mol. The number of aromatic nitrogens is 3. The quantitative estimate of drug-likeness (QED) is 0.745. The molecule has 33 heavy (non-hydrogen) atoms. The number of nitrogens with zero attached hydrogens (tertiary/aromatic N) is 4. The fourth-order valence-electron chi connectivity index (χ4n) is 9.11. The number of rotatable bonds is 2. The molecule has 4 aliphatic rings. The lowest BCUT2D eigenvalue weighted by Gasteiger charge is -2.62. The first-order valence-electron chi connectivity index (χ1n) is 12.5. The van der Waals surface area contributed by atoms with Crippen molar-refractivity contribution >= 4 is 22.9 Å². The Hall–Kier alpha value is -2.44. The third-order valence-electron chi connectivity index (χ3n) is 10.8. The lowest BCUT2D eigenvalue weighted by atomic mass is 9.46. The number of piperidine rings is 1. The number of carbonyl (C=O) groups is 2. The van der Waals surface area contributed by atoms with Gasteiger partial charge in [0.25, 0.3) is 0 Å². The molecule has 3 aliphatic carbocycles. The number of amides is 1. The maximum absolute atomic E-state index is 13.1. The van der Waals surface area contributed by atoms with Crippen LogP contribution >= 0.6 is 0 Å². The molecule has 1 aromatic heterocycles. The molecule has 3 saturated carbocycles. The van der Waals surface area contributed by atoms with E-state index < -0.39 is 11.5 Å². The highest BCUT2D eigenvalue weighted by Gasteiger charge is 2.69. The molecule has 0 spiro atoms. The van der Waals surface area contributed by atoms with Gasteiger partial charge in [0, 0.05) is 24.9 Å². The van der Waals surface area contributed by atoms with Gasteiger partial charge in [0.05, 0.1) is 5.52 Å². The second kappa shape index (κ2) is 6.80. The Morgan fingerprint density at radius 1 is 1.06 bits per heavy atom.